The predicted octanol–water partition coefficient (Wildman–Crippen LogP) is 1.47. The average Bonchev–Trinajstić information content (AvgIpc) is 1.79. The maximum atomic E-state index is 12.3. The molecule has 0 unspecified atom stereocenters. The van der Waals surface area contributed by atoms with E-state index in [9.17, 15) is 8.78 Å². The molecule has 52 valence electrons. The molecule has 0 aliphatic carbocycles. The topological polar surface area (TPSA) is 3.24 Å². The molecule has 3 heteroatoms. The third-order valence-corrected chi connectivity index (χ3v) is 1.47. The molecule has 1 aliphatic heterocycles. The van der Waals surface area contributed by atoms with Crippen molar-refractivity contribution in [2.45, 2.75) is 12.3 Å². The molecule has 1 nitrogen and oxygen atoms in total. The van der Waals surface area contributed by atoms with Gasteiger partial charge in [0.2, 0.25) is 0 Å². The van der Waals surface area contributed by atoms with Gasteiger partial charge in [0.1, 0.15) is 0 Å². The maximum absolute atomic E-state index is 12.3. The number of hydrogen-bond donors (Lipinski definition) is 0. The van der Waals surface area contributed by atoms with Crippen LogP contribution in [0.4, 0.5) is 8.78 Å². The van der Waals surface area contributed by atoms with Gasteiger partial charge in [-0.3, -0.25) is 0 Å². The van der Waals surface area contributed by atoms with Crippen LogP contribution in [-0.4, -0.2) is 24.4 Å². The van der Waals surface area contributed by atoms with E-state index in [4.69, 9.17) is 0 Å². The number of rotatable bonds is 0. The molecule has 0 atom stereocenters. The summed E-state index contributed by atoms with van der Waals surface area (Å²) < 4.78 is 24.7. The van der Waals surface area contributed by atoms with Crippen molar-refractivity contribution in [1.82, 2.24) is 4.90 Å². The maximum Gasteiger partial charge on any atom is 0.270 e. The lowest BCUT2D eigenvalue weighted by molar-refractivity contribution is 0.0149. The zero-order valence-corrected chi connectivity index (χ0v) is 5.32. The predicted molar refractivity (Wildman–Crippen MR) is 31.3 cm³/mol. The lowest BCUT2D eigenvalue weighted by atomic mass is 10.3. The van der Waals surface area contributed by atoms with E-state index in [-0.39, 0.29) is 13.0 Å². The number of likely N-dealkylation sites (tertiary alicyclic amines) is 1. The minimum absolute atomic E-state index is 0.175. The molecule has 0 radical (unpaired) electrons. The molecular formula is C6H9F2N. The Morgan fingerprint density at radius 1 is 1.67 bits per heavy atom. The van der Waals surface area contributed by atoms with Gasteiger partial charge in [-0.1, -0.05) is 6.58 Å². The Morgan fingerprint density at radius 3 is 2.33 bits per heavy atom. The van der Waals surface area contributed by atoms with Crippen LogP contribution in [0, 0.1) is 0 Å². The number of nitrogens with zero attached hydrogens (tertiary/aromatic N) is 1. The quantitative estimate of drug-likeness (QED) is 0.483. The Morgan fingerprint density at radius 2 is 2.22 bits per heavy atom. The summed E-state index contributed by atoms with van der Waals surface area (Å²) in [6.45, 7) is 3.30. The van der Waals surface area contributed by atoms with Gasteiger partial charge in [-0.05, 0) is 0 Å². The van der Waals surface area contributed by atoms with E-state index in [1.165, 1.54) is 4.90 Å². The number of hydrogen-bond acceptors (Lipinski definition) is 1. The van der Waals surface area contributed by atoms with E-state index in [1.807, 2.05) is 0 Å². The van der Waals surface area contributed by atoms with Gasteiger partial charge in [-0.25, -0.2) is 8.78 Å². The fourth-order valence-electron chi connectivity index (χ4n) is 0.948. The van der Waals surface area contributed by atoms with Crippen LogP contribution in [0.3, 0.4) is 0 Å². The summed E-state index contributed by atoms with van der Waals surface area (Å²) in [5, 5.41) is 0. The van der Waals surface area contributed by atoms with Crippen molar-refractivity contribution in [3.8, 4) is 0 Å². The monoisotopic (exact) mass is 133 g/mol. The molecule has 0 bridgehead atoms. The van der Waals surface area contributed by atoms with Crippen molar-refractivity contribution < 1.29 is 8.78 Å². The summed E-state index contributed by atoms with van der Waals surface area (Å²) in [6, 6.07) is 0. The minimum atomic E-state index is -2.54. The molecule has 1 heterocycles. The highest BCUT2D eigenvalue weighted by Gasteiger charge is 2.38. The van der Waals surface area contributed by atoms with Crippen LogP contribution in [0.1, 0.15) is 6.42 Å². The Kier molecular flexibility index (Phi) is 1.22. The molecule has 9 heavy (non-hydrogen) atoms. The fourth-order valence-corrected chi connectivity index (χ4v) is 0.948. The van der Waals surface area contributed by atoms with Gasteiger partial charge in [-0.15, -0.1) is 0 Å². The first-order valence-electron chi connectivity index (χ1n) is 2.78. The molecule has 0 aromatic rings. The van der Waals surface area contributed by atoms with E-state index in [0.717, 1.165) is 0 Å². The molecular weight excluding hydrogens is 124 g/mol. The Bertz CT molecular complexity index is 142. The molecule has 1 aliphatic rings. The van der Waals surface area contributed by atoms with Crippen molar-refractivity contribution in [3.63, 3.8) is 0 Å². The van der Waals surface area contributed by atoms with Crippen LogP contribution < -0.4 is 0 Å². The van der Waals surface area contributed by atoms with Crippen molar-refractivity contribution in [2.24, 2.45) is 0 Å². The van der Waals surface area contributed by atoms with Crippen LogP contribution in [0.2, 0.25) is 0 Å². The molecule has 0 amide bonds. The second-order valence-corrected chi connectivity index (χ2v) is 2.46. The highest BCUT2D eigenvalue weighted by molar-refractivity contribution is 5.05. The largest absolute Gasteiger partial charge is 0.372 e. The van der Waals surface area contributed by atoms with Crippen LogP contribution >= 0.6 is 0 Å². The van der Waals surface area contributed by atoms with E-state index >= 15 is 0 Å². The number of halogens is 2. The summed E-state index contributed by atoms with van der Waals surface area (Å²) in [4.78, 5) is 1.49. The summed E-state index contributed by atoms with van der Waals surface area (Å²) in [7, 11) is 1.63. The highest BCUT2D eigenvalue weighted by atomic mass is 19.3. The summed E-state index contributed by atoms with van der Waals surface area (Å²) >= 11 is 0. The van der Waals surface area contributed by atoms with Gasteiger partial charge in [-0.2, -0.15) is 0 Å². The first kappa shape index (κ1) is 6.52. The lowest BCUT2D eigenvalue weighted by Crippen LogP contribution is -2.20. The van der Waals surface area contributed by atoms with Crippen molar-refractivity contribution in [1.29, 1.82) is 0 Å². The van der Waals surface area contributed by atoms with Crippen LogP contribution in [-0.2, 0) is 0 Å². The average molecular weight is 133 g/mol. The third kappa shape index (κ3) is 1.20. The molecule has 1 fully saturated rings. The molecule has 0 spiro atoms. The normalized spacial score (nSPS) is 25.2. The Balaban J connectivity index is 2.65. The van der Waals surface area contributed by atoms with Gasteiger partial charge in [0.25, 0.3) is 5.92 Å². The Labute approximate surface area is 53.0 Å². The standard InChI is InChI=1S/C6H9F2N/c1-5-3-6(7,8)4-9(5)2/h1,3-4H2,2H3. The summed E-state index contributed by atoms with van der Waals surface area (Å²) in [6.07, 6.45) is -0.177. The van der Waals surface area contributed by atoms with E-state index in [2.05, 4.69) is 6.58 Å². The number of allylic oxidation sites excluding steroid dienone is 1. The van der Waals surface area contributed by atoms with Gasteiger partial charge in [0.05, 0.1) is 13.0 Å². The van der Waals surface area contributed by atoms with Crippen LogP contribution in [0.15, 0.2) is 12.3 Å². The minimum Gasteiger partial charge on any atom is -0.372 e. The molecule has 0 saturated carbocycles. The van der Waals surface area contributed by atoms with Gasteiger partial charge in [0.15, 0.2) is 0 Å². The Hall–Kier alpha value is -0.600. The summed E-state index contributed by atoms with van der Waals surface area (Å²) in [5.74, 6) is -2.54. The number of alkyl halides is 2. The third-order valence-electron chi connectivity index (χ3n) is 1.47. The highest BCUT2D eigenvalue weighted by Crippen LogP contribution is 2.31. The van der Waals surface area contributed by atoms with Crippen molar-refractivity contribution >= 4 is 0 Å². The van der Waals surface area contributed by atoms with Crippen LogP contribution in [0.25, 0.3) is 0 Å². The molecule has 1 rings (SSSR count). The smallest absolute Gasteiger partial charge is 0.270 e. The van der Waals surface area contributed by atoms with Crippen molar-refractivity contribution in [2.75, 3.05) is 13.6 Å². The van der Waals surface area contributed by atoms with E-state index in [0.29, 0.717) is 5.70 Å². The fraction of sp³-hybridized carbons (Fsp3) is 0.667. The SMILES string of the molecule is C=C1CC(F)(F)CN1C. The molecule has 0 aromatic carbocycles. The second kappa shape index (κ2) is 1.69. The van der Waals surface area contributed by atoms with Gasteiger partial charge >= 0.3 is 0 Å². The molecule has 1 saturated heterocycles. The lowest BCUT2D eigenvalue weighted by Gasteiger charge is -2.09. The second-order valence-electron chi connectivity index (χ2n) is 2.46. The van der Waals surface area contributed by atoms with E-state index in [1.54, 1.807) is 7.05 Å². The van der Waals surface area contributed by atoms with E-state index < -0.39 is 5.92 Å². The first-order valence-corrected chi connectivity index (χ1v) is 2.78. The zero-order chi connectivity index (χ0) is 7.07. The van der Waals surface area contributed by atoms with Gasteiger partial charge < -0.3 is 4.90 Å². The van der Waals surface area contributed by atoms with Gasteiger partial charge in [0, 0.05) is 12.7 Å². The van der Waals surface area contributed by atoms with Crippen LogP contribution in [0.5, 0.6) is 0 Å². The molecule has 0 aromatic heterocycles. The zero-order valence-electron chi connectivity index (χ0n) is 5.32. The first-order chi connectivity index (χ1) is 4.01. The van der Waals surface area contributed by atoms with Crippen molar-refractivity contribution in [3.05, 3.63) is 12.3 Å². The molecule has 0 N–H and O–H groups in total. The summed E-state index contributed by atoms with van der Waals surface area (Å²) in [5.41, 5.74) is 0.528.